The fourth-order valence-corrected chi connectivity index (χ4v) is 2.30. The van der Waals surface area contributed by atoms with Gasteiger partial charge in [0.2, 0.25) is 5.91 Å². The summed E-state index contributed by atoms with van der Waals surface area (Å²) in [6.45, 7) is 5.74. The van der Waals surface area contributed by atoms with Gasteiger partial charge in [-0.15, -0.1) is 0 Å². The fourth-order valence-electron chi connectivity index (χ4n) is 2.30. The van der Waals surface area contributed by atoms with E-state index in [0.717, 1.165) is 17.9 Å². The minimum atomic E-state index is -0.0166. The van der Waals surface area contributed by atoms with Crippen LogP contribution in [0.4, 0.5) is 5.69 Å². The van der Waals surface area contributed by atoms with Crippen LogP contribution in [-0.2, 0) is 11.2 Å². The molecule has 128 valence electrons. The lowest BCUT2D eigenvalue weighted by Gasteiger charge is -2.16. The predicted octanol–water partition coefficient (Wildman–Crippen LogP) is 3.51. The number of benzene rings is 2. The van der Waals surface area contributed by atoms with E-state index < -0.39 is 0 Å². The second-order valence-electron chi connectivity index (χ2n) is 6.00. The predicted molar refractivity (Wildman–Crippen MR) is 98.6 cm³/mol. The zero-order chi connectivity index (χ0) is 17.4. The number of hydrogen-bond donors (Lipinski definition) is 1. The highest BCUT2D eigenvalue weighted by atomic mass is 16.5. The van der Waals surface area contributed by atoms with Crippen molar-refractivity contribution in [2.45, 2.75) is 20.3 Å². The maximum atomic E-state index is 12.1. The smallest absolute Gasteiger partial charge is 0.238 e. The highest BCUT2D eigenvalue weighted by molar-refractivity contribution is 5.92. The molecule has 0 aliphatic carbocycles. The van der Waals surface area contributed by atoms with Crippen molar-refractivity contribution in [3.63, 3.8) is 0 Å². The first kappa shape index (κ1) is 18.0. The van der Waals surface area contributed by atoms with Crippen LogP contribution in [0.3, 0.4) is 0 Å². The van der Waals surface area contributed by atoms with Crippen molar-refractivity contribution in [1.29, 1.82) is 0 Å². The van der Waals surface area contributed by atoms with Crippen LogP contribution >= 0.6 is 0 Å². The molecule has 0 fully saturated rings. The van der Waals surface area contributed by atoms with Crippen molar-refractivity contribution < 1.29 is 9.53 Å². The Morgan fingerprint density at radius 1 is 1.08 bits per heavy atom. The van der Waals surface area contributed by atoms with Crippen molar-refractivity contribution >= 4 is 11.6 Å². The van der Waals surface area contributed by atoms with E-state index in [1.165, 1.54) is 11.1 Å². The Morgan fingerprint density at radius 2 is 1.75 bits per heavy atom. The molecule has 0 aliphatic rings. The molecule has 0 bridgehead atoms. The molecule has 2 aromatic rings. The topological polar surface area (TPSA) is 41.6 Å². The van der Waals surface area contributed by atoms with E-state index in [9.17, 15) is 4.79 Å². The van der Waals surface area contributed by atoms with Gasteiger partial charge in [-0.2, -0.15) is 0 Å². The van der Waals surface area contributed by atoms with E-state index in [4.69, 9.17) is 4.74 Å². The Morgan fingerprint density at radius 3 is 2.38 bits per heavy atom. The first-order valence-electron chi connectivity index (χ1n) is 8.33. The average molecular weight is 326 g/mol. The van der Waals surface area contributed by atoms with E-state index >= 15 is 0 Å². The summed E-state index contributed by atoms with van der Waals surface area (Å²) in [5.74, 6) is 0.839. The molecule has 2 aromatic carbocycles. The molecule has 4 nitrogen and oxygen atoms in total. The molecule has 0 unspecified atom stereocenters. The molecule has 2 rings (SSSR count). The van der Waals surface area contributed by atoms with Gasteiger partial charge in [-0.1, -0.05) is 36.8 Å². The van der Waals surface area contributed by atoms with Gasteiger partial charge in [-0.25, -0.2) is 0 Å². The van der Waals surface area contributed by atoms with E-state index in [1.54, 1.807) is 0 Å². The van der Waals surface area contributed by atoms with Crippen LogP contribution in [0.1, 0.15) is 18.1 Å². The van der Waals surface area contributed by atoms with Crippen LogP contribution in [-0.4, -0.2) is 37.6 Å². The largest absolute Gasteiger partial charge is 0.492 e. The molecule has 0 radical (unpaired) electrons. The lowest BCUT2D eigenvalue weighted by Crippen LogP contribution is -2.33. The number of nitrogens with zero attached hydrogens (tertiary/aromatic N) is 1. The van der Waals surface area contributed by atoms with Crippen molar-refractivity contribution in [2.75, 3.05) is 32.1 Å². The number of ether oxygens (including phenoxy) is 1. The molecule has 4 heteroatoms. The van der Waals surface area contributed by atoms with E-state index in [-0.39, 0.29) is 5.91 Å². The Labute approximate surface area is 144 Å². The van der Waals surface area contributed by atoms with Crippen molar-refractivity contribution in [2.24, 2.45) is 0 Å². The Hall–Kier alpha value is -2.33. The monoisotopic (exact) mass is 326 g/mol. The summed E-state index contributed by atoms with van der Waals surface area (Å²) in [4.78, 5) is 14.0. The highest BCUT2D eigenvalue weighted by Crippen LogP contribution is 2.11. The van der Waals surface area contributed by atoms with Gasteiger partial charge in [-0.05, 0) is 50.2 Å². The Kier molecular flexibility index (Phi) is 6.82. The number of rotatable bonds is 8. The second-order valence-corrected chi connectivity index (χ2v) is 6.00. The second kappa shape index (κ2) is 9.08. The summed E-state index contributed by atoms with van der Waals surface area (Å²) in [6.07, 6.45) is 0.998. The summed E-state index contributed by atoms with van der Waals surface area (Å²) in [5.41, 5.74) is 3.31. The molecule has 1 amide bonds. The zero-order valence-corrected chi connectivity index (χ0v) is 14.7. The van der Waals surface area contributed by atoms with Crippen LogP contribution < -0.4 is 10.1 Å². The maximum absolute atomic E-state index is 12.1. The molecular weight excluding hydrogens is 300 g/mol. The first-order valence-corrected chi connectivity index (χ1v) is 8.33. The Balaban J connectivity index is 1.69. The number of anilines is 1. The van der Waals surface area contributed by atoms with Gasteiger partial charge in [-0.3, -0.25) is 9.69 Å². The van der Waals surface area contributed by atoms with E-state index in [0.29, 0.717) is 19.7 Å². The molecular formula is C20H26N2O2. The number of likely N-dealkylation sites (N-methyl/N-ethyl adjacent to an activating group) is 1. The van der Waals surface area contributed by atoms with Crippen LogP contribution in [0.25, 0.3) is 0 Å². The minimum Gasteiger partial charge on any atom is -0.492 e. The van der Waals surface area contributed by atoms with Gasteiger partial charge in [0.25, 0.3) is 0 Å². The normalized spacial score (nSPS) is 10.7. The molecule has 24 heavy (non-hydrogen) atoms. The molecule has 0 atom stereocenters. The third kappa shape index (κ3) is 6.05. The molecule has 0 aliphatic heterocycles. The van der Waals surface area contributed by atoms with Crippen molar-refractivity contribution in [3.8, 4) is 5.75 Å². The van der Waals surface area contributed by atoms with Crippen LogP contribution in [0.15, 0.2) is 48.5 Å². The van der Waals surface area contributed by atoms with Crippen molar-refractivity contribution in [3.05, 3.63) is 59.7 Å². The number of carbonyl (C=O) groups is 1. The third-order valence-corrected chi connectivity index (χ3v) is 3.82. The zero-order valence-electron chi connectivity index (χ0n) is 14.7. The number of nitrogens with one attached hydrogen (secondary N) is 1. The van der Waals surface area contributed by atoms with E-state index in [2.05, 4.69) is 12.2 Å². The third-order valence-electron chi connectivity index (χ3n) is 3.82. The summed E-state index contributed by atoms with van der Waals surface area (Å²) < 4.78 is 5.68. The summed E-state index contributed by atoms with van der Waals surface area (Å²) >= 11 is 0. The summed E-state index contributed by atoms with van der Waals surface area (Å²) in [5, 5.41) is 2.92. The van der Waals surface area contributed by atoms with Crippen LogP contribution in [0, 0.1) is 6.92 Å². The fraction of sp³-hybridized carbons (Fsp3) is 0.350. The van der Waals surface area contributed by atoms with Gasteiger partial charge in [0.15, 0.2) is 0 Å². The lowest BCUT2D eigenvalue weighted by molar-refractivity contribution is -0.117. The minimum absolute atomic E-state index is 0.0166. The quantitative estimate of drug-likeness (QED) is 0.807. The lowest BCUT2D eigenvalue weighted by atomic mass is 10.1. The number of carbonyl (C=O) groups excluding carboxylic acids is 1. The van der Waals surface area contributed by atoms with E-state index in [1.807, 2.05) is 67.4 Å². The van der Waals surface area contributed by atoms with Gasteiger partial charge in [0, 0.05) is 12.2 Å². The number of amides is 1. The van der Waals surface area contributed by atoms with Crippen molar-refractivity contribution in [1.82, 2.24) is 4.90 Å². The van der Waals surface area contributed by atoms with Gasteiger partial charge < -0.3 is 10.1 Å². The highest BCUT2D eigenvalue weighted by Gasteiger charge is 2.07. The van der Waals surface area contributed by atoms with Crippen LogP contribution in [0.2, 0.25) is 0 Å². The maximum Gasteiger partial charge on any atom is 0.238 e. The van der Waals surface area contributed by atoms with Gasteiger partial charge in [0.05, 0.1) is 6.54 Å². The summed E-state index contributed by atoms with van der Waals surface area (Å²) in [7, 11) is 1.91. The first-order chi connectivity index (χ1) is 11.6. The summed E-state index contributed by atoms with van der Waals surface area (Å²) in [6, 6.07) is 15.9. The molecule has 1 N–H and O–H groups in total. The van der Waals surface area contributed by atoms with Crippen LogP contribution in [0.5, 0.6) is 5.75 Å². The molecule has 0 heterocycles. The number of aryl methyl sites for hydroxylation is 2. The number of hydrogen-bond acceptors (Lipinski definition) is 3. The molecule has 0 saturated carbocycles. The SMILES string of the molecule is CCc1ccc(NC(=O)CN(C)CCOc2ccc(C)cc2)cc1. The Bertz CT molecular complexity index is 636. The average Bonchev–Trinajstić information content (AvgIpc) is 2.57. The van der Waals surface area contributed by atoms with Gasteiger partial charge in [0.1, 0.15) is 12.4 Å². The molecule has 0 aromatic heterocycles. The molecule has 0 spiro atoms. The standard InChI is InChI=1S/C20H26N2O2/c1-4-17-7-9-18(10-8-17)21-20(23)15-22(3)13-14-24-19-11-5-16(2)6-12-19/h5-12H,4,13-15H2,1-3H3,(H,21,23). The van der Waals surface area contributed by atoms with Gasteiger partial charge >= 0.3 is 0 Å². The molecule has 0 saturated heterocycles.